The van der Waals surface area contributed by atoms with Crippen LogP contribution in [-0.4, -0.2) is 61.1 Å². The van der Waals surface area contributed by atoms with E-state index in [0.717, 1.165) is 28.0 Å². The molecule has 1 amide bonds. The molecule has 36 heavy (non-hydrogen) atoms. The van der Waals surface area contributed by atoms with Crippen molar-refractivity contribution >= 4 is 23.6 Å². The molecule has 1 atom stereocenters. The van der Waals surface area contributed by atoms with Crippen LogP contribution in [0.15, 0.2) is 65.3 Å². The van der Waals surface area contributed by atoms with Crippen molar-refractivity contribution in [2.75, 3.05) is 33.2 Å². The second-order valence-corrected chi connectivity index (χ2v) is 9.74. The molecule has 0 saturated heterocycles. The zero-order valence-corrected chi connectivity index (χ0v) is 22.4. The second-order valence-electron chi connectivity index (χ2n) is 8.75. The maximum Gasteiger partial charge on any atom is 0.326 e. The Morgan fingerprint density at radius 3 is 2.39 bits per heavy atom. The van der Waals surface area contributed by atoms with Gasteiger partial charge in [-0.3, -0.25) is 4.79 Å². The minimum atomic E-state index is -1.03. The van der Waals surface area contributed by atoms with Crippen molar-refractivity contribution in [2.24, 2.45) is 0 Å². The number of carboxylic acid groups (broad SMARTS) is 1. The predicted molar refractivity (Wildman–Crippen MR) is 145 cm³/mol. The molecule has 0 radical (unpaired) electrons. The second kappa shape index (κ2) is 15.1. The molecule has 3 aromatic rings. The summed E-state index contributed by atoms with van der Waals surface area (Å²) in [5.74, 6) is -0.0499. The maximum absolute atomic E-state index is 13.1. The first kappa shape index (κ1) is 29.2. The normalized spacial score (nSPS) is 11.5. The Kier molecular flexibility index (Phi) is 12.3. The number of hydrogen-bond donors (Lipinski definition) is 2. The lowest BCUT2D eigenvalue weighted by Gasteiger charge is -2.17. The summed E-state index contributed by atoms with van der Waals surface area (Å²) < 4.78 is 11.0. The van der Waals surface area contributed by atoms with E-state index in [1.165, 1.54) is 0 Å². The fourth-order valence-corrected chi connectivity index (χ4v) is 3.84. The number of amides is 1. The van der Waals surface area contributed by atoms with E-state index in [0.29, 0.717) is 31.0 Å². The number of carbonyl (C=O) groups is 2. The molecule has 7 nitrogen and oxygen atoms in total. The quantitative estimate of drug-likeness (QED) is 0.370. The highest BCUT2D eigenvalue weighted by Gasteiger charge is 2.22. The highest BCUT2D eigenvalue weighted by molar-refractivity contribution is 7.98. The summed E-state index contributed by atoms with van der Waals surface area (Å²) in [4.78, 5) is 26.7. The number of nitrogens with one attached hydrogen (secondary N) is 1. The van der Waals surface area contributed by atoms with Gasteiger partial charge in [0.1, 0.15) is 18.4 Å². The van der Waals surface area contributed by atoms with Gasteiger partial charge in [-0.2, -0.15) is 11.8 Å². The van der Waals surface area contributed by atoms with Crippen LogP contribution in [0.1, 0.15) is 33.7 Å². The van der Waals surface area contributed by atoms with Crippen LogP contribution in [0.3, 0.4) is 0 Å². The molecule has 0 aliphatic carbocycles. The van der Waals surface area contributed by atoms with Crippen LogP contribution in [0.25, 0.3) is 11.1 Å². The van der Waals surface area contributed by atoms with Gasteiger partial charge in [0.25, 0.3) is 5.91 Å². The molecule has 2 N–H and O–H groups in total. The zero-order chi connectivity index (χ0) is 26.5. The van der Waals surface area contributed by atoms with Gasteiger partial charge < -0.3 is 24.5 Å². The first-order chi connectivity index (χ1) is 17.2. The number of carboxylic acids is 1. The molecular formula is C28H36N2O5S. The summed E-state index contributed by atoms with van der Waals surface area (Å²) in [6.07, 6.45) is 3.87. The van der Waals surface area contributed by atoms with Gasteiger partial charge in [0.15, 0.2) is 0 Å². The van der Waals surface area contributed by atoms with Crippen LogP contribution >= 0.6 is 11.8 Å². The number of nitrogens with zero attached hydrogens (tertiary/aromatic N) is 1. The van der Waals surface area contributed by atoms with E-state index in [2.05, 4.69) is 5.32 Å². The third-order valence-electron chi connectivity index (χ3n) is 5.07. The summed E-state index contributed by atoms with van der Waals surface area (Å²) in [6, 6.07) is 16.0. The van der Waals surface area contributed by atoms with Crippen molar-refractivity contribution in [3.63, 3.8) is 0 Å². The number of carbonyl (C=O) groups excluding carboxylic acids is 1. The number of benzene rings is 2. The molecule has 1 aromatic heterocycles. The maximum atomic E-state index is 13.1. The number of rotatable bonds is 11. The first-order valence-electron chi connectivity index (χ1n) is 11.7. The van der Waals surface area contributed by atoms with Crippen LogP contribution in [0.4, 0.5) is 0 Å². The van der Waals surface area contributed by atoms with E-state index < -0.39 is 17.9 Å². The molecule has 3 rings (SSSR count). The summed E-state index contributed by atoms with van der Waals surface area (Å²) in [7, 11) is 6.00. The Morgan fingerprint density at radius 1 is 1.06 bits per heavy atom. The summed E-state index contributed by atoms with van der Waals surface area (Å²) in [5.41, 5.74) is 4.02. The van der Waals surface area contributed by atoms with Crippen molar-refractivity contribution in [3.8, 4) is 11.1 Å². The molecule has 0 fully saturated rings. The van der Waals surface area contributed by atoms with Crippen molar-refractivity contribution in [3.05, 3.63) is 83.3 Å². The van der Waals surface area contributed by atoms with Crippen LogP contribution < -0.4 is 5.32 Å². The molecular weight excluding hydrogens is 476 g/mol. The molecule has 1 unspecified atom stereocenters. The van der Waals surface area contributed by atoms with Crippen molar-refractivity contribution < 1.29 is 23.8 Å². The van der Waals surface area contributed by atoms with E-state index >= 15 is 0 Å². The van der Waals surface area contributed by atoms with Gasteiger partial charge in [-0.15, -0.1) is 0 Å². The third-order valence-corrected chi connectivity index (χ3v) is 5.72. The Balaban J connectivity index is 0.00000106. The lowest BCUT2D eigenvalue weighted by atomic mass is 9.93. The molecule has 2 aromatic carbocycles. The molecule has 0 aliphatic rings. The fourth-order valence-electron chi connectivity index (χ4n) is 3.37. The van der Waals surface area contributed by atoms with E-state index in [1.807, 2.05) is 87.8 Å². The Morgan fingerprint density at radius 2 is 1.78 bits per heavy atom. The SMILES string of the molecule is CN(C)C.CSCCC(NC(=O)c1ccc(COCc2ccco2)cc1-c1ccccc1C)C(=O)O. The molecule has 1 heterocycles. The van der Waals surface area contributed by atoms with Crippen molar-refractivity contribution in [1.29, 1.82) is 0 Å². The fraction of sp³-hybridized carbons (Fsp3) is 0.357. The molecule has 0 bridgehead atoms. The summed E-state index contributed by atoms with van der Waals surface area (Å²) in [5, 5.41) is 12.2. The number of hydrogen-bond acceptors (Lipinski definition) is 6. The molecule has 0 aliphatic heterocycles. The van der Waals surface area contributed by atoms with E-state index in [4.69, 9.17) is 9.15 Å². The Hall–Kier alpha value is -3.07. The van der Waals surface area contributed by atoms with E-state index in [9.17, 15) is 14.7 Å². The average Bonchev–Trinajstić information content (AvgIpc) is 3.35. The van der Waals surface area contributed by atoms with E-state index in [-0.39, 0.29) is 0 Å². The number of aryl methyl sites for hydroxylation is 1. The monoisotopic (exact) mass is 512 g/mol. The van der Waals surface area contributed by atoms with Gasteiger partial charge in [-0.05, 0) is 93.0 Å². The highest BCUT2D eigenvalue weighted by atomic mass is 32.2. The van der Waals surface area contributed by atoms with Crippen molar-refractivity contribution in [1.82, 2.24) is 10.2 Å². The highest BCUT2D eigenvalue weighted by Crippen LogP contribution is 2.28. The zero-order valence-electron chi connectivity index (χ0n) is 21.6. The number of thioether (sulfide) groups is 1. The number of ether oxygens (including phenoxy) is 1. The summed E-state index contributed by atoms with van der Waals surface area (Å²) >= 11 is 1.55. The minimum absolute atomic E-state index is 0.352. The van der Waals surface area contributed by atoms with Gasteiger partial charge in [0.05, 0.1) is 12.9 Å². The lowest BCUT2D eigenvalue weighted by molar-refractivity contribution is -0.139. The minimum Gasteiger partial charge on any atom is -0.480 e. The molecule has 0 saturated carbocycles. The third kappa shape index (κ3) is 9.53. The largest absolute Gasteiger partial charge is 0.480 e. The van der Waals surface area contributed by atoms with Crippen molar-refractivity contribution in [2.45, 2.75) is 32.6 Å². The van der Waals surface area contributed by atoms with Crippen LogP contribution in [0.2, 0.25) is 0 Å². The standard InChI is InChI=1S/C25H27NO5S.C3H9N/c1-17-6-3-4-8-20(17)22-14-18(15-30-16-19-7-5-12-31-19)9-10-21(22)24(27)26-23(25(28)29)11-13-32-2;1-4(2)3/h3-10,12,14,23H,11,13,15-16H2,1-2H3,(H,26,27)(H,28,29);1-3H3. The predicted octanol–water partition coefficient (Wildman–Crippen LogP) is 5.09. The first-order valence-corrected chi connectivity index (χ1v) is 13.0. The molecule has 194 valence electrons. The van der Waals surface area contributed by atoms with Gasteiger partial charge in [-0.1, -0.05) is 30.3 Å². The Labute approximate surface area is 217 Å². The van der Waals surface area contributed by atoms with Gasteiger partial charge in [0, 0.05) is 5.56 Å². The molecule has 8 heteroatoms. The van der Waals surface area contributed by atoms with E-state index in [1.54, 1.807) is 24.1 Å². The van der Waals surface area contributed by atoms with Crippen LogP contribution in [-0.2, 0) is 22.7 Å². The average molecular weight is 513 g/mol. The smallest absolute Gasteiger partial charge is 0.326 e. The van der Waals surface area contributed by atoms with Crippen LogP contribution in [0.5, 0.6) is 0 Å². The lowest BCUT2D eigenvalue weighted by Crippen LogP contribution is -2.41. The van der Waals surface area contributed by atoms with Gasteiger partial charge in [-0.25, -0.2) is 4.79 Å². The summed E-state index contributed by atoms with van der Waals surface area (Å²) in [6.45, 7) is 2.69. The molecule has 0 spiro atoms. The van der Waals surface area contributed by atoms with Crippen LogP contribution in [0, 0.1) is 6.92 Å². The Bertz CT molecular complexity index is 1100. The number of aliphatic carboxylic acids is 1. The number of furan rings is 1. The topological polar surface area (TPSA) is 92.0 Å². The van der Waals surface area contributed by atoms with Gasteiger partial charge in [0.2, 0.25) is 0 Å². The van der Waals surface area contributed by atoms with Gasteiger partial charge >= 0.3 is 5.97 Å².